The zero-order valence-corrected chi connectivity index (χ0v) is 9.66. The fraction of sp³-hybridized carbons (Fsp3) is 0.357. The minimum Gasteiger partial charge on any atom is -0.481 e. The molecule has 1 aromatic rings. The summed E-state index contributed by atoms with van der Waals surface area (Å²) in [6.45, 7) is 3.71. The average Bonchev–Trinajstić information content (AvgIpc) is 2.25. The van der Waals surface area contributed by atoms with E-state index in [1.807, 2.05) is 31.2 Å². The second kappa shape index (κ2) is 5.97. The number of aliphatic carboxylic acids is 1. The minimum absolute atomic E-state index is 0.443. The van der Waals surface area contributed by atoms with Crippen LogP contribution in [0.1, 0.15) is 36.8 Å². The summed E-state index contributed by atoms with van der Waals surface area (Å²) < 4.78 is 0. The van der Waals surface area contributed by atoms with Crippen molar-refractivity contribution in [3.63, 3.8) is 0 Å². The Morgan fingerprint density at radius 1 is 1.44 bits per heavy atom. The highest BCUT2D eigenvalue weighted by atomic mass is 16.4. The molecule has 1 atom stereocenters. The van der Waals surface area contributed by atoms with Crippen LogP contribution in [0, 0.1) is 18.8 Å². The molecule has 0 aliphatic heterocycles. The van der Waals surface area contributed by atoms with E-state index in [4.69, 9.17) is 0 Å². The topological polar surface area (TPSA) is 37.3 Å². The van der Waals surface area contributed by atoms with Gasteiger partial charge in [0.2, 0.25) is 0 Å². The third kappa shape index (κ3) is 3.13. The van der Waals surface area contributed by atoms with E-state index in [9.17, 15) is 9.90 Å². The first kappa shape index (κ1) is 12.3. The molecule has 1 unspecified atom stereocenters. The van der Waals surface area contributed by atoms with Gasteiger partial charge in [-0.15, -0.1) is 11.8 Å². The molecule has 2 nitrogen and oxygen atoms in total. The summed E-state index contributed by atoms with van der Waals surface area (Å²) in [5.74, 6) is 4.48. The van der Waals surface area contributed by atoms with E-state index in [2.05, 4.69) is 11.8 Å². The van der Waals surface area contributed by atoms with Crippen molar-refractivity contribution in [2.45, 2.75) is 32.6 Å². The first-order valence-corrected chi connectivity index (χ1v) is 5.34. The maximum atomic E-state index is 11.2. The third-order valence-electron chi connectivity index (χ3n) is 2.60. The third-order valence-corrected chi connectivity index (χ3v) is 2.60. The van der Waals surface area contributed by atoms with Gasteiger partial charge in [-0.3, -0.25) is 4.79 Å². The highest BCUT2D eigenvalue weighted by Crippen LogP contribution is 2.24. The van der Waals surface area contributed by atoms with Crippen molar-refractivity contribution >= 4 is 5.97 Å². The Labute approximate surface area is 96.3 Å². The molecule has 0 saturated heterocycles. The minimum atomic E-state index is -0.771. The molecule has 1 rings (SSSR count). The highest BCUT2D eigenvalue weighted by molar-refractivity contribution is 5.76. The van der Waals surface area contributed by atoms with Crippen LogP contribution in [0.4, 0.5) is 0 Å². The molecule has 0 aliphatic carbocycles. The molecule has 0 spiro atoms. The smallest absolute Gasteiger partial charge is 0.311 e. The number of hydrogen-bond donors (Lipinski definition) is 1. The van der Waals surface area contributed by atoms with E-state index in [0.29, 0.717) is 12.8 Å². The van der Waals surface area contributed by atoms with E-state index in [-0.39, 0.29) is 0 Å². The number of aryl methyl sites for hydroxylation is 1. The van der Waals surface area contributed by atoms with Gasteiger partial charge in [0, 0.05) is 6.42 Å². The number of benzene rings is 1. The van der Waals surface area contributed by atoms with Crippen molar-refractivity contribution in [3.8, 4) is 11.8 Å². The lowest BCUT2D eigenvalue weighted by molar-refractivity contribution is -0.138. The maximum absolute atomic E-state index is 11.2. The van der Waals surface area contributed by atoms with E-state index in [0.717, 1.165) is 11.1 Å². The molecule has 0 heterocycles. The molecule has 0 radical (unpaired) electrons. The van der Waals surface area contributed by atoms with Gasteiger partial charge in [-0.1, -0.05) is 24.3 Å². The van der Waals surface area contributed by atoms with Crippen molar-refractivity contribution in [1.82, 2.24) is 0 Å². The second-order valence-corrected chi connectivity index (χ2v) is 3.71. The summed E-state index contributed by atoms with van der Waals surface area (Å²) in [7, 11) is 0. The zero-order chi connectivity index (χ0) is 12.0. The molecule has 1 aromatic carbocycles. The van der Waals surface area contributed by atoms with Crippen LogP contribution in [0.15, 0.2) is 24.3 Å². The molecular formula is C14H16O2. The molecular weight excluding hydrogens is 200 g/mol. The Morgan fingerprint density at radius 3 is 2.69 bits per heavy atom. The van der Waals surface area contributed by atoms with Gasteiger partial charge in [-0.25, -0.2) is 0 Å². The van der Waals surface area contributed by atoms with Crippen molar-refractivity contribution in [3.05, 3.63) is 35.4 Å². The first-order chi connectivity index (χ1) is 7.66. The molecule has 0 bridgehead atoms. The Balaban J connectivity index is 2.88. The van der Waals surface area contributed by atoms with Gasteiger partial charge in [0.25, 0.3) is 0 Å². The van der Waals surface area contributed by atoms with E-state index in [1.54, 1.807) is 6.92 Å². The van der Waals surface area contributed by atoms with Crippen LogP contribution in [0.5, 0.6) is 0 Å². The predicted molar refractivity (Wildman–Crippen MR) is 64.2 cm³/mol. The quantitative estimate of drug-likeness (QED) is 0.786. The zero-order valence-electron chi connectivity index (χ0n) is 9.66. The van der Waals surface area contributed by atoms with Crippen LogP contribution >= 0.6 is 0 Å². The molecule has 2 heteroatoms. The van der Waals surface area contributed by atoms with Crippen LogP contribution in [-0.2, 0) is 4.79 Å². The Morgan fingerprint density at radius 2 is 2.12 bits per heavy atom. The van der Waals surface area contributed by atoms with Gasteiger partial charge in [0.15, 0.2) is 0 Å². The molecule has 0 saturated carbocycles. The van der Waals surface area contributed by atoms with E-state index >= 15 is 0 Å². The van der Waals surface area contributed by atoms with Crippen molar-refractivity contribution in [2.75, 3.05) is 0 Å². The summed E-state index contributed by atoms with van der Waals surface area (Å²) >= 11 is 0. The molecule has 0 aliphatic rings. The Bertz CT molecular complexity index is 424. The van der Waals surface area contributed by atoms with Crippen LogP contribution in [0.2, 0.25) is 0 Å². The normalized spacial score (nSPS) is 11.4. The predicted octanol–water partition coefficient (Wildman–Crippen LogP) is 2.97. The van der Waals surface area contributed by atoms with Gasteiger partial charge in [0.1, 0.15) is 0 Å². The van der Waals surface area contributed by atoms with Gasteiger partial charge in [0.05, 0.1) is 5.92 Å². The molecule has 1 N–H and O–H groups in total. The van der Waals surface area contributed by atoms with Crippen LogP contribution < -0.4 is 0 Å². The average molecular weight is 216 g/mol. The molecule has 0 amide bonds. The number of carboxylic acids is 1. The van der Waals surface area contributed by atoms with Crippen LogP contribution in [-0.4, -0.2) is 11.1 Å². The SMILES string of the molecule is CC#CCCC(C(=O)O)c1ccccc1C. The fourth-order valence-corrected chi connectivity index (χ4v) is 1.73. The number of carboxylic acid groups (broad SMARTS) is 1. The monoisotopic (exact) mass is 216 g/mol. The summed E-state index contributed by atoms with van der Waals surface area (Å²) in [4.78, 5) is 11.2. The number of rotatable bonds is 4. The Kier molecular flexibility index (Phi) is 4.60. The fourth-order valence-electron chi connectivity index (χ4n) is 1.73. The second-order valence-electron chi connectivity index (χ2n) is 3.71. The van der Waals surface area contributed by atoms with E-state index < -0.39 is 11.9 Å². The lowest BCUT2D eigenvalue weighted by Crippen LogP contribution is -2.12. The van der Waals surface area contributed by atoms with Crippen molar-refractivity contribution in [2.24, 2.45) is 0 Å². The van der Waals surface area contributed by atoms with Crippen molar-refractivity contribution in [1.29, 1.82) is 0 Å². The molecule has 84 valence electrons. The Hall–Kier alpha value is -1.75. The first-order valence-electron chi connectivity index (χ1n) is 5.34. The van der Waals surface area contributed by atoms with E-state index in [1.165, 1.54) is 0 Å². The molecule has 0 aromatic heterocycles. The highest BCUT2D eigenvalue weighted by Gasteiger charge is 2.20. The van der Waals surface area contributed by atoms with Gasteiger partial charge in [-0.05, 0) is 31.4 Å². The van der Waals surface area contributed by atoms with Gasteiger partial charge >= 0.3 is 5.97 Å². The lowest BCUT2D eigenvalue weighted by atomic mass is 9.91. The molecule has 0 fully saturated rings. The standard InChI is InChI=1S/C14H16O2/c1-3-4-5-10-13(14(15)16)12-9-7-6-8-11(12)2/h6-9,13H,5,10H2,1-2H3,(H,15,16). The van der Waals surface area contributed by atoms with Gasteiger partial charge in [-0.2, -0.15) is 0 Å². The van der Waals surface area contributed by atoms with Crippen molar-refractivity contribution < 1.29 is 9.90 Å². The number of hydrogen-bond acceptors (Lipinski definition) is 1. The summed E-state index contributed by atoms with van der Waals surface area (Å²) in [6, 6.07) is 7.62. The largest absolute Gasteiger partial charge is 0.481 e. The van der Waals surface area contributed by atoms with Crippen LogP contribution in [0.25, 0.3) is 0 Å². The number of carbonyl (C=O) groups is 1. The van der Waals surface area contributed by atoms with Gasteiger partial charge < -0.3 is 5.11 Å². The maximum Gasteiger partial charge on any atom is 0.311 e. The summed E-state index contributed by atoms with van der Waals surface area (Å²) in [5, 5.41) is 9.20. The van der Waals surface area contributed by atoms with Crippen LogP contribution in [0.3, 0.4) is 0 Å². The lowest BCUT2D eigenvalue weighted by Gasteiger charge is -2.13. The summed E-state index contributed by atoms with van der Waals surface area (Å²) in [5.41, 5.74) is 1.92. The summed E-state index contributed by atoms with van der Waals surface area (Å²) in [6.07, 6.45) is 1.20. The molecule has 16 heavy (non-hydrogen) atoms.